The summed E-state index contributed by atoms with van der Waals surface area (Å²) in [7, 11) is 0. The number of hydrogen-bond acceptors (Lipinski definition) is 3. The maximum absolute atomic E-state index is 13.5. The summed E-state index contributed by atoms with van der Waals surface area (Å²) in [5.41, 5.74) is 5.39. The second-order valence-electron chi connectivity index (χ2n) is 3.63. The second-order valence-corrected chi connectivity index (χ2v) is 4.07. The summed E-state index contributed by atoms with van der Waals surface area (Å²) < 4.78 is 39.8. The molecule has 1 aromatic carbocycles. The van der Waals surface area contributed by atoms with Crippen LogP contribution in [0, 0.1) is 17.5 Å². The second kappa shape index (κ2) is 5.23. The van der Waals surface area contributed by atoms with Crippen molar-refractivity contribution in [3.05, 3.63) is 53.6 Å². The summed E-state index contributed by atoms with van der Waals surface area (Å²) in [6.07, 6.45) is 1.44. The highest BCUT2D eigenvalue weighted by atomic mass is 32.1. The molecule has 0 aliphatic heterocycles. The highest BCUT2D eigenvalue weighted by molar-refractivity contribution is 7.80. The molecule has 0 aliphatic carbocycles. The van der Waals surface area contributed by atoms with Gasteiger partial charge in [0.1, 0.15) is 22.2 Å². The first kappa shape index (κ1) is 13.3. The molecule has 3 N–H and O–H groups in total. The fraction of sp³-hybridized carbons (Fsp3) is 0. The molecule has 0 amide bonds. The minimum Gasteiger partial charge on any atom is -0.388 e. The zero-order chi connectivity index (χ0) is 14.0. The van der Waals surface area contributed by atoms with Crippen molar-refractivity contribution in [2.75, 3.05) is 5.32 Å². The topological polar surface area (TPSA) is 50.9 Å². The Labute approximate surface area is 112 Å². The Morgan fingerprint density at radius 1 is 1.21 bits per heavy atom. The van der Waals surface area contributed by atoms with Crippen molar-refractivity contribution in [3.63, 3.8) is 0 Å². The van der Waals surface area contributed by atoms with Gasteiger partial charge in [-0.15, -0.1) is 0 Å². The molecule has 0 saturated heterocycles. The lowest BCUT2D eigenvalue weighted by Crippen LogP contribution is -2.14. The van der Waals surface area contributed by atoms with Gasteiger partial charge in [0.05, 0.1) is 5.69 Å². The molecule has 0 atom stereocenters. The lowest BCUT2D eigenvalue weighted by molar-refractivity contribution is 0.549. The van der Waals surface area contributed by atoms with Crippen LogP contribution in [-0.4, -0.2) is 9.97 Å². The van der Waals surface area contributed by atoms with Crippen LogP contribution in [0.5, 0.6) is 0 Å². The number of pyridine rings is 1. The number of hydrogen-bond donors (Lipinski definition) is 2. The molecule has 0 unspecified atom stereocenters. The smallest absolute Gasteiger partial charge is 0.152 e. The number of aromatic nitrogens is 1. The first-order chi connectivity index (χ1) is 8.99. The molecule has 2 rings (SSSR count). The third-order valence-corrected chi connectivity index (χ3v) is 2.50. The molecule has 0 radical (unpaired) electrons. The van der Waals surface area contributed by atoms with Gasteiger partial charge >= 0.3 is 0 Å². The molecule has 3 nitrogen and oxygen atoms in total. The number of nitrogens with two attached hydrogens (primary N) is 1. The van der Waals surface area contributed by atoms with Crippen LogP contribution in [0.2, 0.25) is 0 Å². The number of benzene rings is 1. The largest absolute Gasteiger partial charge is 0.388 e. The van der Waals surface area contributed by atoms with Crippen molar-refractivity contribution in [3.8, 4) is 0 Å². The molecule has 98 valence electrons. The standard InChI is InChI=1S/C12H8F3N3S/c13-6-4-7(14)10(8(15)5-6)18-9-2-1-3-17-11(9)12(16)19/h1-5,18H,(H2,16,19). The Morgan fingerprint density at radius 3 is 2.42 bits per heavy atom. The van der Waals surface area contributed by atoms with Crippen molar-refractivity contribution in [1.82, 2.24) is 4.98 Å². The van der Waals surface area contributed by atoms with Crippen LogP contribution in [0.1, 0.15) is 5.69 Å². The first-order valence-corrected chi connectivity index (χ1v) is 5.56. The van der Waals surface area contributed by atoms with Gasteiger partial charge in [-0.25, -0.2) is 13.2 Å². The van der Waals surface area contributed by atoms with Crippen LogP contribution < -0.4 is 11.1 Å². The predicted octanol–water partition coefficient (Wildman–Crippen LogP) is 2.88. The molecule has 7 heteroatoms. The van der Waals surface area contributed by atoms with Crippen molar-refractivity contribution < 1.29 is 13.2 Å². The molecule has 0 bridgehead atoms. The van der Waals surface area contributed by atoms with Crippen LogP contribution in [0.4, 0.5) is 24.5 Å². The van der Waals surface area contributed by atoms with Crippen LogP contribution in [0.3, 0.4) is 0 Å². The van der Waals surface area contributed by atoms with Crippen LogP contribution in [0.15, 0.2) is 30.5 Å². The third-order valence-electron chi connectivity index (χ3n) is 2.31. The molecular weight excluding hydrogens is 275 g/mol. The van der Waals surface area contributed by atoms with Gasteiger partial charge in [0, 0.05) is 18.3 Å². The van der Waals surface area contributed by atoms with Crippen LogP contribution in [-0.2, 0) is 0 Å². The SMILES string of the molecule is NC(=S)c1ncccc1Nc1c(F)cc(F)cc1F. The van der Waals surface area contributed by atoms with Gasteiger partial charge in [-0.3, -0.25) is 4.98 Å². The Balaban J connectivity index is 2.45. The van der Waals surface area contributed by atoms with Gasteiger partial charge in [-0.05, 0) is 12.1 Å². The molecule has 0 spiro atoms. The first-order valence-electron chi connectivity index (χ1n) is 5.15. The van der Waals surface area contributed by atoms with E-state index in [4.69, 9.17) is 18.0 Å². The number of rotatable bonds is 3. The van der Waals surface area contributed by atoms with Gasteiger partial charge in [0.2, 0.25) is 0 Å². The van der Waals surface area contributed by atoms with Crippen molar-refractivity contribution in [2.45, 2.75) is 0 Å². The third kappa shape index (κ3) is 2.82. The average molecular weight is 283 g/mol. The number of halogens is 3. The summed E-state index contributed by atoms with van der Waals surface area (Å²) in [6, 6.07) is 4.19. The summed E-state index contributed by atoms with van der Waals surface area (Å²) >= 11 is 4.78. The van der Waals surface area contributed by atoms with Crippen molar-refractivity contribution in [1.29, 1.82) is 0 Å². The van der Waals surface area contributed by atoms with Gasteiger partial charge in [-0.1, -0.05) is 12.2 Å². The Hall–Kier alpha value is -2.15. The van der Waals surface area contributed by atoms with E-state index in [9.17, 15) is 13.2 Å². The van der Waals surface area contributed by atoms with E-state index in [2.05, 4.69) is 10.3 Å². The number of thiocarbonyl (C=S) groups is 1. The Kier molecular flexibility index (Phi) is 3.66. The van der Waals surface area contributed by atoms with E-state index < -0.39 is 23.1 Å². The van der Waals surface area contributed by atoms with E-state index in [0.29, 0.717) is 12.1 Å². The highest BCUT2D eigenvalue weighted by Gasteiger charge is 2.14. The number of nitrogens with zero attached hydrogens (tertiary/aromatic N) is 1. The number of anilines is 2. The summed E-state index contributed by atoms with van der Waals surface area (Å²) in [4.78, 5) is 3.88. The molecular formula is C12H8F3N3S. The van der Waals surface area contributed by atoms with Gasteiger partial charge in [0.25, 0.3) is 0 Å². The molecule has 2 aromatic rings. The molecule has 1 aromatic heterocycles. The van der Waals surface area contributed by atoms with Crippen LogP contribution >= 0.6 is 12.2 Å². The van der Waals surface area contributed by atoms with Crippen molar-refractivity contribution in [2.24, 2.45) is 5.73 Å². The lowest BCUT2D eigenvalue weighted by atomic mass is 10.2. The Morgan fingerprint density at radius 2 is 1.84 bits per heavy atom. The summed E-state index contributed by atoms with van der Waals surface area (Å²) in [5.74, 6) is -3.12. The van der Waals surface area contributed by atoms with E-state index in [1.807, 2.05) is 0 Å². The normalized spacial score (nSPS) is 10.3. The molecule has 1 heterocycles. The van der Waals surface area contributed by atoms with Crippen LogP contribution in [0.25, 0.3) is 0 Å². The van der Waals surface area contributed by atoms with E-state index in [0.717, 1.165) is 0 Å². The molecule has 19 heavy (non-hydrogen) atoms. The fourth-order valence-electron chi connectivity index (χ4n) is 1.50. The zero-order valence-corrected chi connectivity index (χ0v) is 10.3. The predicted molar refractivity (Wildman–Crippen MR) is 69.7 cm³/mol. The van der Waals surface area contributed by atoms with Gasteiger partial charge < -0.3 is 11.1 Å². The zero-order valence-electron chi connectivity index (χ0n) is 9.45. The minimum absolute atomic E-state index is 0.0222. The van der Waals surface area contributed by atoms with E-state index >= 15 is 0 Å². The highest BCUT2D eigenvalue weighted by Crippen LogP contribution is 2.25. The molecule has 0 aliphatic rings. The fourth-order valence-corrected chi connectivity index (χ4v) is 1.66. The Bertz CT molecular complexity index is 623. The molecule has 0 saturated carbocycles. The molecule has 0 fully saturated rings. The maximum Gasteiger partial charge on any atom is 0.152 e. The van der Waals surface area contributed by atoms with Gasteiger partial charge in [0.15, 0.2) is 11.6 Å². The summed E-state index contributed by atoms with van der Waals surface area (Å²) in [5, 5.41) is 2.47. The minimum atomic E-state index is -1.06. The van der Waals surface area contributed by atoms with E-state index in [1.165, 1.54) is 12.3 Å². The number of nitrogens with one attached hydrogen (secondary N) is 1. The maximum atomic E-state index is 13.5. The summed E-state index contributed by atoms with van der Waals surface area (Å²) in [6.45, 7) is 0. The average Bonchev–Trinajstić information content (AvgIpc) is 2.34. The van der Waals surface area contributed by atoms with E-state index in [1.54, 1.807) is 6.07 Å². The van der Waals surface area contributed by atoms with Crippen molar-refractivity contribution >= 4 is 28.6 Å². The van der Waals surface area contributed by atoms with E-state index in [-0.39, 0.29) is 16.4 Å². The lowest BCUT2D eigenvalue weighted by Gasteiger charge is -2.11. The quantitative estimate of drug-likeness (QED) is 0.850. The monoisotopic (exact) mass is 283 g/mol. The van der Waals surface area contributed by atoms with Gasteiger partial charge in [-0.2, -0.15) is 0 Å².